The molecule has 1 unspecified atom stereocenters. The fourth-order valence-electron chi connectivity index (χ4n) is 1.56. The Morgan fingerprint density at radius 2 is 2.54 bits per heavy atom. The summed E-state index contributed by atoms with van der Waals surface area (Å²) in [6, 6.07) is 4.39. The van der Waals surface area contributed by atoms with Gasteiger partial charge in [0.2, 0.25) is 0 Å². The quantitative estimate of drug-likeness (QED) is 0.768. The molecule has 0 saturated carbocycles. The summed E-state index contributed by atoms with van der Waals surface area (Å²) < 4.78 is 10.6. The van der Waals surface area contributed by atoms with Gasteiger partial charge in [-0.25, -0.2) is 0 Å². The van der Waals surface area contributed by atoms with Crippen LogP contribution in [0.25, 0.3) is 0 Å². The van der Waals surface area contributed by atoms with Gasteiger partial charge in [-0.15, -0.1) is 0 Å². The molecule has 0 amide bonds. The van der Waals surface area contributed by atoms with Crippen LogP contribution in [-0.4, -0.2) is 19.3 Å². The molecule has 2 rings (SSSR count). The third-order valence-electron chi connectivity index (χ3n) is 2.31. The first-order valence-electron chi connectivity index (χ1n) is 4.78. The fourth-order valence-corrected chi connectivity index (χ4v) is 1.56. The monoisotopic (exact) mass is 181 g/mol. The van der Waals surface area contributed by atoms with E-state index in [-0.39, 0.29) is 0 Å². The smallest absolute Gasteiger partial charge is 0.117 e. The van der Waals surface area contributed by atoms with Gasteiger partial charge in [0.15, 0.2) is 0 Å². The molecular formula is C10H15NO2. The van der Waals surface area contributed by atoms with Crippen LogP contribution in [0.2, 0.25) is 0 Å². The molecule has 1 aromatic heterocycles. The van der Waals surface area contributed by atoms with E-state index in [1.54, 1.807) is 6.26 Å². The number of hydrogen-bond acceptors (Lipinski definition) is 3. The van der Waals surface area contributed by atoms with Gasteiger partial charge in [0.05, 0.1) is 19.4 Å². The first-order chi connectivity index (χ1) is 6.45. The zero-order valence-corrected chi connectivity index (χ0v) is 7.66. The Kier molecular flexibility index (Phi) is 3.00. The average Bonchev–Trinajstić information content (AvgIpc) is 2.69. The van der Waals surface area contributed by atoms with Crippen molar-refractivity contribution in [3.8, 4) is 0 Å². The van der Waals surface area contributed by atoms with Crippen LogP contribution in [-0.2, 0) is 11.3 Å². The largest absolute Gasteiger partial charge is 0.468 e. The molecule has 1 aliphatic rings. The fraction of sp³-hybridized carbons (Fsp3) is 0.600. The van der Waals surface area contributed by atoms with E-state index < -0.39 is 0 Å². The SMILES string of the molecule is c1coc(CNC2CCCOC2)c1. The Balaban J connectivity index is 1.72. The topological polar surface area (TPSA) is 34.4 Å². The van der Waals surface area contributed by atoms with Gasteiger partial charge in [-0.1, -0.05) is 0 Å². The second-order valence-corrected chi connectivity index (χ2v) is 3.37. The summed E-state index contributed by atoms with van der Waals surface area (Å²) >= 11 is 0. The first kappa shape index (κ1) is 8.78. The third-order valence-corrected chi connectivity index (χ3v) is 2.31. The summed E-state index contributed by atoms with van der Waals surface area (Å²) in [4.78, 5) is 0. The van der Waals surface area contributed by atoms with Crippen LogP contribution in [0.4, 0.5) is 0 Å². The van der Waals surface area contributed by atoms with Gasteiger partial charge >= 0.3 is 0 Å². The molecule has 1 fully saturated rings. The summed E-state index contributed by atoms with van der Waals surface area (Å²) in [5, 5.41) is 3.41. The summed E-state index contributed by atoms with van der Waals surface area (Å²) in [7, 11) is 0. The van der Waals surface area contributed by atoms with Crippen molar-refractivity contribution in [3.63, 3.8) is 0 Å². The second-order valence-electron chi connectivity index (χ2n) is 3.37. The molecule has 1 aromatic rings. The van der Waals surface area contributed by atoms with Crippen LogP contribution < -0.4 is 5.32 Å². The molecule has 0 spiro atoms. The standard InChI is InChI=1S/C10H15NO2/c1-3-9(8-12-5-1)11-7-10-4-2-6-13-10/h2,4,6,9,11H,1,3,5,7-8H2. The number of furan rings is 1. The minimum atomic E-state index is 0.499. The highest BCUT2D eigenvalue weighted by atomic mass is 16.5. The maximum absolute atomic E-state index is 5.36. The second kappa shape index (κ2) is 4.44. The molecule has 0 bridgehead atoms. The van der Waals surface area contributed by atoms with E-state index in [1.165, 1.54) is 6.42 Å². The van der Waals surface area contributed by atoms with Gasteiger partial charge in [-0.2, -0.15) is 0 Å². The van der Waals surface area contributed by atoms with Crippen molar-refractivity contribution in [2.45, 2.75) is 25.4 Å². The lowest BCUT2D eigenvalue weighted by Crippen LogP contribution is -2.36. The maximum atomic E-state index is 5.36. The lowest BCUT2D eigenvalue weighted by Gasteiger charge is -2.22. The van der Waals surface area contributed by atoms with Crippen LogP contribution in [0, 0.1) is 0 Å². The van der Waals surface area contributed by atoms with E-state index in [4.69, 9.17) is 9.15 Å². The Morgan fingerprint density at radius 1 is 1.54 bits per heavy atom. The molecule has 72 valence electrons. The van der Waals surface area contributed by atoms with Crippen LogP contribution in [0.1, 0.15) is 18.6 Å². The van der Waals surface area contributed by atoms with Crippen LogP contribution in [0.3, 0.4) is 0 Å². The van der Waals surface area contributed by atoms with Crippen LogP contribution in [0.5, 0.6) is 0 Å². The molecule has 1 saturated heterocycles. The molecule has 1 aliphatic heterocycles. The Bertz CT molecular complexity index is 227. The normalized spacial score (nSPS) is 23.2. The highest BCUT2D eigenvalue weighted by Crippen LogP contribution is 2.07. The molecule has 0 radical (unpaired) electrons. The van der Waals surface area contributed by atoms with Crippen molar-refractivity contribution in [3.05, 3.63) is 24.2 Å². The van der Waals surface area contributed by atoms with E-state index in [0.29, 0.717) is 6.04 Å². The molecular weight excluding hydrogens is 166 g/mol. The number of ether oxygens (including phenoxy) is 1. The van der Waals surface area contributed by atoms with Crippen molar-refractivity contribution >= 4 is 0 Å². The molecule has 3 nitrogen and oxygen atoms in total. The summed E-state index contributed by atoms with van der Waals surface area (Å²) in [5.74, 6) is 0.991. The first-order valence-corrected chi connectivity index (χ1v) is 4.78. The van der Waals surface area contributed by atoms with Crippen LogP contribution in [0.15, 0.2) is 22.8 Å². The highest BCUT2D eigenvalue weighted by molar-refractivity contribution is 4.97. The molecule has 0 aromatic carbocycles. The molecule has 2 heterocycles. The molecule has 13 heavy (non-hydrogen) atoms. The lowest BCUT2D eigenvalue weighted by atomic mass is 10.1. The zero-order chi connectivity index (χ0) is 8.93. The third kappa shape index (κ3) is 2.57. The van der Waals surface area contributed by atoms with Gasteiger partial charge < -0.3 is 14.5 Å². The lowest BCUT2D eigenvalue weighted by molar-refractivity contribution is 0.0693. The van der Waals surface area contributed by atoms with Gasteiger partial charge in [0, 0.05) is 12.6 Å². The van der Waals surface area contributed by atoms with Crippen molar-refractivity contribution in [1.29, 1.82) is 0 Å². The van der Waals surface area contributed by atoms with E-state index in [1.807, 2.05) is 12.1 Å². The van der Waals surface area contributed by atoms with Crippen molar-refractivity contribution in [1.82, 2.24) is 5.32 Å². The van der Waals surface area contributed by atoms with Gasteiger partial charge in [-0.3, -0.25) is 0 Å². The Morgan fingerprint density at radius 3 is 3.23 bits per heavy atom. The predicted octanol–water partition coefficient (Wildman–Crippen LogP) is 1.55. The predicted molar refractivity (Wildman–Crippen MR) is 49.4 cm³/mol. The van der Waals surface area contributed by atoms with E-state index >= 15 is 0 Å². The van der Waals surface area contributed by atoms with E-state index in [2.05, 4.69) is 5.32 Å². The summed E-state index contributed by atoms with van der Waals surface area (Å²) in [6.07, 6.45) is 4.07. The molecule has 0 aliphatic carbocycles. The van der Waals surface area contributed by atoms with Gasteiger partial charge in [0.1, 0.15) is 5.76 Å². The average molecular weight is 181 g/mol. The van der Waals surface area contributed by atoms with E-state index in [0.717, 1.165) is 31.9 Å². The van der Waals surface area contributed by atoms with Gasteiger partial charge in [-0.05, 0) is 25.0 Å². The number of nitrogens with one attached hydrogen (secondary N) is 1. The van der Waals surface area contributed by atoms with Crippen LogP contribution >= 0.6 is 0 Å². The minimum Gasteiger partial charge on any atom is -0.468 e. The van der Waals surface area contributed by atoms with Crippen molar-refractivity contribution in [2.24, 2.45) is 0 Å². The number of hydrogen-bond donors (Lipinski definition) is 1. The van der Waals surface area contributed by atoms with Gasteiger partial charge in [0.25, 0.3) is 0 Å². The molecule has 1 N–H and O–H groups in total. The summed E-state index contributed by atoms with van der Waals surface area (Å²) in [6.45, 7) is 2.56. The Labute approximate surface area is 78.1 Å². The Hall–Kier alpha value is -0.800. The van der Waals surface area contributed by atoms with Crippen molar-refractivity contribution in [2.75, 3.05) is 13.2 Å². The van der Waals surface area contributed by atoms with E-state index in [9.17, 15) is 0 Å². The molecule has 3 heteroatoms. The zero-order valence-electron chi connectivity index (χ0n) is 7.66. The maximum Gasteiger partial charge on any atom is 0.117 e. The number of rotatable bonds is 3. The minimum absolute atomic E-state index is 0.499. The molecule has 1 atom stereocenters. The summed E-state index contributed by atoms with van der Waals surface area (Å²) in [5.41, 5.74) is 0. The van der Waals surface area contributed by atoms with Crippen molar-refractivity contribution < 1.29 is 9.15 Å². The highest BCUT2D eigenvalue weighted by Gasteiger charge is 2.12.